The van der Waals surface area contributed by atoms with Crippen LogP contribution in [0.2, 0.25) is 0 Å². The molecule has 0 fully saturated rings. The molecule has 9 rings (SSSR count). The Bertz CT molecular complexity index is 2490. The molecule has 3 heteroatoms. The van der Waals surface area contributed by atoms with Crippen LogP contribution < -0.4 is 0 Å². The lowest BCUT2D eigenvalue weighted by molar-refractivity contribution is 0.871. The van der Waals surface area contributed by atoms with Gasteiger partial charge in [-0.05, 0) is 95.6 Å². The fourth-order valence-electron chi connectivity index (χ4n) is 7.39. The van der Waals surface area contributed by atoms with Crippen LogP contribution >= 0.6 is 0 Å². The summed E-state index contributed by atoms with van der Waals surface area (Å²) in [6.45, 7) is 3.88. The number of allylic oxidation sites excluding steroid dienone is 2. The maximum Gasteiger partial charge on any atom is 0.137 e. The second-order valence-corrected chi connectivity index (χ2v) is 12.4. The average molecular weight is 604 g/mol. The lowest BCUT2D eigenvalue weighted by Gasteiger charge is -2.13. The molecule has 47 heavy (non-hydrogen) atoms. The van der Waals surface area contributed by atoms with Gasteiger partial charge >= 0.3 is 0 Å². The third-order valence-electron chi connectivity index (χ3n) is 9.60. The van der Waals surface area contributed by atoms with Crippen LogP contribution in [0.5, 0.6) is 0 Å². The lowest BCUT2D eigenvalue weighted by Crippen LogP contribution is -2.04. The molecule has 0 atom stereocenters. The summed E-state index contributed by atoms with van der Waals surface area (Å²) in [6.07, 6.45) is 11.4. The minimum Gasteiger partial charge on any atom is -0.309 e. The van der Waals surface area contributed by atoms with Crippen LogP contribution in [0.15, 0.2) is 152 Å². The van der Waals surface area contributed by atoms with Gasteiger partial charge in [-0.3, -0.25) is 4.57 Å². The number of para-hydroxylation sites is 2. The van der Waals surface area contributed by atoms with E-state index in [1.807, 2.05) is 12.3 Å². The second-order valence-electron chi connectivity index (χ2n) is 12.4. The summed E-state index contributed by atoms with van der Waals surface area (Å²) < 4.78 is 4.77. The third kappa shape index (κ3) is 4.54. The van der Waals surface area contributed by atoms with Gasteiger partial charge in [-0.25, -0.2) is 4.98 Å². The molecule has 3 aromatic heterocycles. The van der Waals surface area contributed by atoms with E-state index in [0.717, 1.165) is 25.1 Å². The third-order valence-corrected chi connectivity index (χ3v) is 9.60. The Balaban J connectivity index is 1.19. The molecule has 3 heterocycles. The molecule has 0 saturated heterocycles. The largest absolute Gasteiger partial charge is 0.309 e. The van der Waals surface area contributed by atoms with Gasteiger partial charge < -0.3 is 4.57 Å². The standard InChI is InChI=1S/C44H33N3/c1-2-10-30-17-19-31(20-18-30)34-25-26-45-44(29-34)47-41-16-9-7-14-37(41)39-27-32(22-24-42(39)47)33-21-23-38-36-13-6-8-15-40(36)46(43(38)28-33)35-11-4-3-5-12-35/h2-8,11-15,17-29H,1,9-10,16H2. The van der Waals surface area contributed by atoms with Crippen LogP contribution in [0, 0.1) is 0 Å². The van der Waals surface area contributed by atoms with Crippen LogP contribution in [0.3, 0.4) is 0 Å². The molecule has 0 spiro atoms. The summed E-state index contributed by atoms with van der Waals surface area (Å²) >= 11 is 0. The van der Waals surface area contributed by atoms with Gasteiger partial charge in [0.25, 0.3) is 0 Å². The SMILES string of the molecule is C=CCc1ccc(-c2ccnc(-n3c4c(c5cc(-c6ccc7c8ccccc8n(-c8ccccc8)c7c6)ccc53)C=CCC4)c2)cc1. The number of nitrogens with zero attached hydrogens (tertiary/aromatic N) is 3. The van der Waals surface area contributed by atoms with E-state index >= 15 is 0 Å². The number of rotatable bonds is 6. The van der Waals surface area contributed by atoms with Crippen molar-refractivity contribution in [2.75, 3.05) is 0 Å². The van der Waals surface area contributed by atoms with Crippen molar-refractivity contribution in [3.63, 3.8) is 0 Å². The Morgan fingerprint density at radius 1 is 0.617 bits per heavy atom. The van der Waals surface area contributed by atoms with Crippen molar-refractivity contribution in [3.05, 3.63) is 169 Å². The van der Waals surface area contributed by atoms with Crippen LogP contribution in [0.4, 0.5) is 0 Å². The second kappa shape index (κ2) is 11.1. The first-order valence-electron chi connectivity index (χ1n) is 16.4. The molecule has 0 radical (unpaired) electrons. The van der Waals surface area contributed by atoms with Gasteiger partial charge in [-0.2, -0.15) is 0 Å². The van der Waals surface area contributed by atoms with Gasteiger partial charge in [-0.15, -0.1) is 6.58 Å². The van der Waals surface area contributed by atoms with Crippen molar-refractivity contribution < 1.29 is 0 Å². The van der Waals surface area contributed by atoms with Gasteiger partial charge in [0.2, 0.25) is 0 Å². The summed E-state index contributed by atoms with van der Waals surface area (Å²) in [6, 6.07) is 46.3. The number of hydrogen-bond acceptors (Lipinski definition) is 1. The first-order valence-corrected chi connectivity index (χ1v) is 16.4. The first kappa shape index (κ1) is 27.4. The number of benzene rings is 5. The van der Waals surface area contributed by atoms with E-state index in [1.54, 1.807) is 0 Å². The molecule has 5 aromatic carbocycles. The highest BCUT2D eigenvalue weighted by molar-refractivity contribution is 6.10. The summed E-state index contributed by atoms with van der Waals surface area (Å²) in [5.74, 6) is 0.959. The predicted molar refractivity (Wildman–Crippen MR) is 198 cm³/mol. The quantitative estimate of drug-likeness (QED) is 0.173. The molecule has 8 aromatic rings. The van der Waals surface area contributed by atoms with Crippen molar-refractivity contribution in [1.82, 2.24) is 14.1 Å². The summed E-state index contributed by atoms with van der Waals surface area (Å²) in [5.41, 5.74) is 13.5. The molecule has 0 saturated carbocycles. The Morgan fingerprint density at radius 3 is 2.21 bits per heavy atom. The fourth-order valence-corrected chi connectivity index (χ4v) is 7.39. The van der Waals surface area contributed by atoms with Gasteiger partial charge in [0.1, 0.15) is 5.82 Å². The fraction of sp³-hybridized carbons (Fsp3) is 0.0682. The van der Waals surface area contributed by atoms with E-state index in [2.05, 4.69) is 155 Å². The highest BCUT2D eigenvalue weighted by Crippen LogP contribution is 2.39. The topological polar surface area (TPSA) is 22.8 Å². The zero-order chi connectivity index (χ0) is 31.3. The van der Waals surface area contributed by atoms with Gasteiger partial charge in [0, 0.05) is 39.3 Å². The van der Waals surface area contributed by atoms with Crippen molar-refractivity contribution in [2.45, 2.75) is 19.3 Å². The molecule has 1 aliphatic carbocycles. The maximum absolute atomic E-state index is 4.91. The average Bonchev–Trinajstić information content (AvgIpc) is 3.65. The van der Waals surface area contributed by atoms with E-state index in [9.17, 15) is 0 Å². The Morgan fingerprint density at radius 2 is 1.34 bits per heavy atom. The normalized spacial score (nSPS) is 12.6. The number of pyridine rings is 1. The number of hydrogen-bond donors (Lipinski definition) is 0. The van der Waals surface area contributed by atoms with Crippen molar-refractivity contribution in [3.8, 4) is 33.8 Å². The van der Waals surface area contributed by atoms with Crippen molar-refractivity contribution >= 4 is 38.8 Å². The van der Waals surface area contributed by atoms with E-state index in [4.69, 9.17) is 4.98 Å². The molecule has 3 nitrogen and oxygen atoms in total. The van der Waals surface area contributed by atoms with Crippen LogP contribution in [-0.4, -0.2) is 14.1 Å². The zero-order valence-corrected chi connectivity index (χ0v) is 26.1. The van der Waals surface area contributed by atoms with Crippen LogP contribution in [-0.2, 0) is 12.8 Å². The summed E-state index contributed by atoms with van der Waals surface area (Å²) in [7, 11) is 0. The number of aromatic nitrogens is 3. The smallest absolute Gasteiger partial charge is 0.137 e. The molecule has 1 aliphatic rings. The van der Waals surface area contributed by atoms with E-state index in [0.29, 0.717) is 0 Å². The highest BCUT2D eigenvalue weighted by atomic mass is 15.1. The maximum atomic E-state index is 4.91. The van der Waals surface area contributed by atoms with Crippen LogP contribution in [0.25, 0.3) is 72.5 Å². The Hall–Kier alpha value is -5.93. The molecular formula is C44H33N3. The molecule has 0 aliphatic heterocycles. The van der Waals surface area contributed by atoms with E-state index < -0.39 is 0 Å². The molecular weight excluding hydrogens is 571 g/mol. The van der Waals surface area contributed by atoms with Crippen LogP contribution in [0.1, 0.15) is 23.2 Å². The van der Waals surface area contributed by atoms with Gasteiger partial charge in [0.05, 0.1) is 16.6 Å². The molecule has 224 valence electrons. The number of fused-ring (bicyclic) bond motifs is 6. The summed E-state index contributed by atoms with van der Waals surface area (Å²) in [4.78, 5) is 4.91. The highest BCUT2D eigenvalue weighted by Gasteiger charge is 2.21. The Labute approximate surface area is 274 Å². The minimum absolute atomic E-state index is 0.878. The first-order chi connectivity index (χ1) is 23.3. The molecule has 0 N–H and O–H groups in total. The lowest BCUT2D eigenvalue weighted by atomic mass is 9.98. The predicted octanol–water partition coefficient (Wildman–Crippen LogP) is 11.1. The molecule has 0 amide bonds. The molecule has 0 bridgehead atoms. The minimum atomic E-state index is 0.878. The monoisotopic (exact) mass is 603 g/mol. The van der Waals surface area contributed by atoms with Gasteiger partial charge in [-0.1, -0.05) is 97.1 Å². The van der Waals surface area contributed by atoms with Gasteiger partial charge in [0.15, 0.2) is 0 Å². The summed E-state index contributed by atoms with van der Waals surface area (Å²) in [5, 5.41) is 3.80. The van der Waals surface area contributed by atoms with E-state index in [1.165, 1.54) is 77.5 Å². The van der Waals surface area contributed by atoms with E-state index in [-0.39, 0.29) is 0 Å². The zero-order valence-electron chi connectivity index (χ0n) is 26.1. The van der Waals surface area contributed by atoms with Crippen molar-refractivity contribution in [2.24, 2.45) is 0 Å². The van der Waals surface area contributed by atoms with Crippen molar-refractivity contribution in [1.29, 1.82) is 0 Å². The Kier molecular flexibility index (Phi) is 6.50. The molecule has 0 unspecified atom stereocenters.